The van der Waals surface area contributed by atoms with Crippen LogP contribution in [0, 0.1) is 0 Å². The summed E-state index contributed by atoms with van der Waals surface area (Å²) >= 11 is 0. The molecule has 0 aromatic heterocycles. The molecule has 0 aliphatic heterocycles. The molecule has 0 spiro atoms. The van der Waals surface area contributed by atoms with Crippen LogP contribution < -0.4 is 5.73 Å². The number of nitrogens with two attached hydrogens (primary N) is 1. The second-order valence-corrected chi connectivity index (χ2v) is 2.29. The molecular weight excluding hydrogens is 98.1 g/mol. The smallest absolute Gasteiger partial charge is 0.00399 e. The standard InChI is InChI=1S/C7H13N/c8-6-5-7-3-1-2-4-7/h3H,1-2,4-6,8H2. The maximum Gasteiger partial charge on any atom is -0.00399 e. The van der Waals surface area contributed by atoms with Crippen molar-refractivity contribution in [3.8, 4) is 0 Å². The van der Waals surface area contributed by atoms with Gasteiger partial charge in [-0.15, -0.1) is 0 Å². The molecule has 1 aliphatic rings. The van der Waals surface area contributed by atoms with Gasteiger partial charge in [0.05, 0.1) is 0 Å². The first kappa shape index (κ1) is 5.83. The van der Waals surface area contributed by atoms with Crippen LogP contribution in [0.25, 0.3) is 0 Å². The topological polar surface area (TPSA) is 26.0 Å². The molecule has 0 aromatic carbocycles. The molecule has 1 heteroatoms. The van der Waals surface area contributed by atoms with E-state index in [1.807, 2.05) is 0 Å². The van der Waals surface area contributed by atoms with Crippen molar-refractivity contribution in [1.82, 2.24) is 0 Å². The van der Waals surface area contributed by atoms with Gasteiger partial charge in [-0.25, -0.2) is 0 Å². The fraction of sp³-hybridized carbons (Fsp3) is 0.714. The van der Waals surface area contributed by atoms with Crippen LogP contribution in [0.5, 0.6) is 0 Å². The fourth-order valence-corrected chi connectivity index (χ4v) is 1.15. The van der Waals surface area contributed by atoms with Crippen molar-refractivity contribution in [1.29, 1.82) is 0 Å². The largest absolute Gasteiger partial charge is 0.330 e. The molecule has 0 radical (unpaired) electrons. The van der Waals surface area contributed by atoms with Crippen LogP contribution in [0.1, 0.15) is 25.7 Å². The minimum atomic E-state index is 0.825. The molecule has 1 aliphatic carbocycles. The lowest BCUT2D eigenvalue weighted by molar-refractivity contribution is 0.850. The molecule has 0 saturated heterocycles. The van der Waals surface area contributed by atoms with E-state index in [4.69, 9.17) is 5.73 Å². The van der Waals surface area contributed by atoms with Gasteiger partial charge in [-0.3, -0.25) is 0 Å². The molecule has 0 saturated carbocycles. The Kier molecular flexibility index (Phi) is 2.10. The summed E-state index contributed by atoms with van der Waals surface area (Å²) in [6.07, 6.45) is 7.40. The summed E-state index contributed by atoms with van der Waals surface area (Å²) < 4.78 is 0. The molecule has 0 unspecified atom stereocenters. The third-order valence-electron chi connectivity index (χ3n) is 1.60. The second kappa shape index (κ2) is 2.88. The zero-order chi connectivity index (χ0) is 5.82. The predicted octanol–water partition coefficient (Wildman–Crippen LogP) is 1.45. The molecule has 46 valence electrons. The van der Waals surface area contributed by atoms with E-state index in [0.717, 1.165) is 13.0 Å². The quantitative estimate of drug-likeness (QED) is 0.536. The maximum atomic E-state index is 5.37. The lowest BCUT2D eigenvalue weighted by Gasteiger charge is -1.94. The Morgan fingerprint density at radius 3 is 3.00 bits per heavy atom. The molecule has 8 heavy (non-hydrogen) atoms. The molecule has 0 bridgehead atoms. The van der Waals surface area contributed by atoms with Gasteiger partial charge in [0, 0.05) is 0 Å². The van der Waals surface area contributed by atoms with Crippen molar-refractivity contribution in [3.05, 3.63) is 11.6 Å². The van der Waals surface area contributed by atoms with E-state index >= 15 is 0 Å². The zero-order valence-electron chi connectivity index (χ0n) is 5.19. The summed E-state index contributed by atoms with van der Waals surface area (Å²) in [6, 6.07) is 0. The fourth-order valence-electron chi connectivity index (χ4n) is 1.15. The predicted molar refractivity (Wildman–Crippen MR) is 35.6 cm³/mol. The van der Waals surface area contributed by atoms with Gasteiger partial charge in [0.15, 0.2) is 0 Å². The van der Waals surface area contributed by atoms with Crippen LogP contribution >= 0.6 is 0 Å². The highest BCUT2D eigenvalue weighted by atomic mass is 14.5. The van der Waals surface area contributed by atoms with Crippen LogP contribution in [0.15, 0.2) is 11.6 Å². The minimum absolute atomic E-state index is 0.825. The summed E-state index contributed by atoms with van der Waals surface area (Å²) in [4.78, 5) is 0. The van der Waals surface area contributed by atoms with Crippen LogP contribution in [-0.4, -0.2) is 6.54 Å². The first-order chi connectivity index (χ1) is 3.93. The lowest BCUT2D eigenvalue weighted by atomic mass is 10.2. The van der Waals surface area contributed by atoms with Crippen molar-refractivity contribution in [2.45, 2.75) is 25.7 Å². The molecule has 0 aromatic rings. The van der Waals surface area contributed by atoms with Crippen molar-refractivity contribution in [2.75, 3.05) is 6.54 Å². The van der Waals surface area contributed by atoms with Gasteiger partial charge in [-0.2, -0.15) is 0 Å². The molecule has 0 amide bonds. The monoisotopic (exact) mass is 111 g/mol. The Balaban J connectivity index is 2.23. The van der Waals surface area contributed by atoms with Crippen molar-refractivity contribution >= 4 is 0 Å². The van der Waals surface area contributed by atoms with Crippen LogP contribution in [-0.2, 0) is 0 Å². The summed E-state index contributed by atoms with van der Waals surface area (Å²) in [5, 5.41) is 0. The summed E-state index contributed by atoms with van der Waals surface area (Å²) in [5.74, 6) is 0. The highest BCUT2D eigenvalue weighted by molar-refractivity contribution is 5.07. The number of rotatable bonds is 2. The number of allylic oxidation sites excluding steroid dienone is 1. The van der Waals surface area contributed by atoms with Gasteiger partial charge in [0.2, 0.25) is 0 Å². The normalized spacial score (nSPS) is 18.9. The molecular formula is C7H13N. The summed E-state index contributed by atoms with van der Waals surface area (Å²) in [6.45, 7) is 0.825. The van der Waals surface area contributed by atoms with Crippen molar-refractivity contribution in [2.24, 2.45) is 5.73 Å². The Bertz CT molecular complexity index is 94.6. The van der Waals surface area contributed by atoms with Crippen LogP contribution in [0.2, 0.25) is 0 Å². The van der Waals surface area contributed by atoms with E-state index in [-0.39, 0.29) is 0 Å². The van der Waals surface area contributed by atoms with Gasteiger partial charge >= 0.3 is 0 Å². The third-order valence-corrected chi connectivity index (χ3v) is 1.60. The Hall–Kier alpha value is -0.300. The van der Waals surface area contributed by atoms with Crippen LogP contribution in [0.4, 0.5) is 0 Å². The Morgan fingerprint density at radius 2 is 2.50 bits per heavy atom. The summed E-state index contributed by atoms with van der Waals surface area (Å²) in [5.41, 5.74) is 6.94. The van der Waals surface area contributed by atoms with Crippen molar-refractivity contribution in [3.63, 3.8) is 0 Å². The van der Waals surface area contributed by atoms with Gasteiger partial charge in [-0.05, 0) is 32.2 Å². The maximum absolute atomic E-state index is 5.37. The van der Waals surface area contributed by atoms with E-state index in [1.54, 1.807) is 5.57 Å². The minimum Gasteiger partial charge on any atom is -0.330 e. The highest BCUT2D eigenvalue weighted by Gasteiger charge is 2.01. The average Bonchev–Trinajstić information content (AvgIpc) is 2.19. The Morgan fingerprint density at radius 1 is 1.62 bits per heavy atom. The molecule has 0 heterocycles. The van der Waals surface area contributed by atoms with Crippen molar-refractivity contribution < 1.29 is 0 Å². The molecule has 1 nitrogen and oxygen atoms in total. The number of hydrogen-bond donors (Lipinski definition) is 1. The second-order valence-electron chi connectivity index (χ2n) is 2.29. The van der Waals surface area contributed by atoms with Gasteiger partial charge in [-0.1, -0.05) is 11.6 Å². The van der Waals surface area contributed by atoms with E-state index in [1.165, 1.54) is 19.3 Å². The molecule has 0 atom stereocenters. The summed E-state index contributed by atoms with van der Waals surface area (Å²) in [7, 11) is 0. The first-order valence-electron chi connectivity index (χ1n) is 3.31. The first-order valence-corrected chi connectivity index (χ1v) is 3.31. The lowest BCUT2D eigenvalue weighted by Crippen LogP contribution is -1.98. The average molecular weight is 111 g/mol. The zero-order valence-corrected chi connectivity index (χ0v) is 5.19. The van der Waals surface area contributed by atoms with E-state index < -0.39 is 0 Å². The number of hydrogen-bond acceptors (Lipinski definition) is 1. The van der Waals surface area contributed by atoms with E-state index in [0.29, 0.717) is 0 Å². The SMILES string of the molecule is NCCC1=CCCC1. The Labute approximate surface area is 50.6 Å². The van der Waals surface area contributed by atoms with E-state index in [9.17, 15) is 0 Å². The van der Waals surface area contributed by atoms with Gasteiger partial charge < -0.3 is 5.73 Å². The highest BCUT2D eigenvalue weighted by Crippen LogP contribution is 2.19. The molecule has 1 rings (SSSR count). The molecule has 0 fully saturated rings. The van der Waals surface area contributed by atoms with E-state index in [2.05, 4.69) is 6.08 Å². The van der Waals surface area contributed by atoms with Gasteiger partial charge in [0.25, 0.3) is 0 Å². The van der Waals surface area contributed by atoms with Gasteiger partial charge in [0.1, 0.15) is 0 Å². The third kappa shape index (κ3) is 1.34. The molecule has 2 N–H and O–H groups in total. The van der Waals surface area contributed by atoms with Crippen LogP contribution in [0.3, 0.4) is 0 Å².